The Morgan fingerprint density at radius 2 is 1.86 bits per heavy atom. The van der Waals surface area contributed by atoms with E-state index in [0.717, 1.165) is 24.7 Å². The Hall–Kier alpha value is -2.65. The molecule has 0 radical (unpaired) electrons. The number of thiophene rings is 1. The van der Waals surface area contributed by atoms with Crippen molar-refractivity contribution in [2.24, 2.45) is 17.8 Å². The number of amides is 1. The highest BCUT2D eigenvalue weighted by Crippen LogP contribution is 2.52. The molecule has 2 aromatic carbocycles. The van der Waals surface area contributed by atoms with Crippen LogP contribution in [0.15, 0.2) is 60.0 Å². The zero-order valence-electron chi connectivity index (χ0n) is 20.4. The Morgan fingerprint density at radius 1 is 1.11 bits per heavy atom. The van der Waals surface area contributed by atoms with Gasteiger partial charge in [-0.05, 0) is 71.2 Å². The quantitative estimate of drug-likeness (QED) is 0.380. The van der Waals surface area contributed by atoms with Gasteiger partial charge < -0.3 is 14.4 Å². The molecule has 2 unspecified atom stereocenters. The van der Waals surface area contributed by atoms with Crippen molar-refractivity contribution >= 4 is 40.4 Å². The monoisotopic (exact) mass is 541 g/mol. The number of fused-ring (bicyclic) bond motifs is 1. The average Bonchev–Trinajstić information content (AvgIpc) is 3.24. The predicted octanol–water partition coefficient (Wildman–Crippen LogP) is 5.76. The largest absolute Gasteiger partial charge is 0.420 e. The second-order valence-electron chi connectivity index (χ2n) is 9.96. The maximum atomic E-state index is 15.2. The topological polar surface area (TPSA) is 45.2 Å². The molecule has 1 amide bonds. The Morgan fingerprint density at radius 3 is 2.54 bits per heavy atom. The van der Waals surface area contributed by atoms with Crippen molar-refractivity contribution in [3.63, 3.8) is 0 Å². The van der Waals surface area contributed by atoms with Crippen LogP contribution in [-0.4, -0.2) is 56.9 Å². The number of benzene rings is 2. The molecule has 3 heterocycles. The second-order valence-corrected chi connectivity index (χ2v) is 11.3. The van der Waals surface area contributed by atoms with Crippen molar-refractivity contribution in [3.05, 3.63) is 76.4 Å². The molecular formula is C28H29ClFN3O3S. The minimum atomic E-state index is -0.469. The molecule has 9 heteroatoms. The molecular weight excluding hydrogens is 513 g/mol. The van der Waals surface area contributed by atoms with E-state index in [9.17, 15) is 4.79 Å². The first kappa shape index (κ1) is 24.7. The van der Waals surface area contributed by atoms with Crippen molar-refractivity contribution in [2.75, 3.05) is 55.7 Å². The van der Waals surface area contributed by atoms with Gasteiger partial charge in [-0.15, -0.1) is 11.3 Å². The second kappa shape index (κ2) is 10.6. The number of carbonyl (C=O) groups excluding carboxylic acids is 1. The van der Waals surface area contributed by atoms with Crippen molar-refractivity contribution in [3.8, 4) is 5.06 Å². The number of morpholine rings is 1. The Kier molecular flexibility index (Phi) is 7.08. The molecule has 3 fully saturated rings. The Bertz CT molecular complexity index is 1220. The standard InChI is InChI=1S/C28H29ClFN3O3S/c29-20-5-3-19(4-6-20)15-31-16-22-23(17-31)24(22)18-33(28(34)36-27-2-1-13-37-27)21-7-8-26(25(30)14-21)32-9-11-35-12-10-32/h1-8,13-14,22-24H,9-12,15-18H2. The van der Waals surface area contributed by atoms with E-state index < -0.39 is 6.09 Å². The fourth-order valence-corrected chi connectivity index (χ4v) is 6.36. The molecule has 0 bridgehead atoms. The third-order valence-corrected chi connectivity index (χ3v) is 8.65. The van der Waals surface area contributed by atoms with Gasteiger partial charge in [-0.3, -0.25) is 9.80 Å². The molecule has 3 aromatic rings. The average molecular weight is 542 g/mol. The maximum Gasteiger partial charge on any atom is 0.420 e. The molecule has 2 aliphatic heterocycles. The highest BCUT2D eigenvalue weighted by atomic mass is 35.5. The minimum absolute atomic E-state index is 0.335. The van der Waals surface area contributed by atoms with E-state index in [-0.39, 0.29) is 5.82 Å². The SMILES string of the molecule is O=C(Oc1cccs1)N(CC1C2CN(Cc3ccc(Cl)cc3)CC21)c1ccc(N2CCOCC2)c(F)c1. The zero-order valence-corrected chi connectivity index (χ0v) is 22.0. The molecule has 1 saturated carbocycles. The highest BCUT2D eigenvalue weighted by molar-refractivity contribution is 7.11. The van der Waals surface area contributed by atoms with E-state index in [1.807, 2.05) is 34.5 Å². The lowest BCUT2D eigenvalue weighted by atomic mass is 10.1. The van der Waals surface area contributed by atoms with E-state index >= 15 is 4.39 Å². The van der Waals surface area contributed by atoms with Crippen LogP contribution < -0.4 is 14.5 Å². The smallest absolute Gasteiger partial charge is 0.399 e. The van der Waals surface area contributed by atoms with Crippen LogP contribution in [0.5, 0.6) is 5.06 Å². The Balaban J connectivity index is 1.14. The molecule has 3 aliphatic rings. The van der Waals surface area contributed by atoms with E-state index in [0.29, 0.717) is 67.0 Å². The van der Waals surface area contributed by atoms with Gasteiger partial charge in [-0.2, -0.15) is 0 Å². The van der Waals surface area contributed by atoms with E-state index in [4.69, 9.17) is 21.1 Å². The van der Waals surface area contributed by atoms with Crippen molar-refractivity contribution in [1.29, 1.82) is 0 Å². The van der Waals surface area contributed by atoms with Gasteiger partial charge in [0.05, 0.1) is 24.6 Å². The molecule has 6 rings (SSSR count). The van der Waals surface area contributed by atoms with Crippen LogP contribution in [0.2, 0.25) is 5.02 Å². The van der Waals surface area contributed by atoms with Gasteiger partial charge in [-0.25, -0.2) is 9.18 Å². The van der Waals surface area contributed by atoms with Crippen LogP contribution in [0.1, 0.15) is 5.56 Å². The number of hydrogen-bond donors (Lipinski definition) is 0. The van der Waals surface area contributed by atoms with Gasteiger partial charge in [0.1, 0.15) is 5.82 Å². The number of rotatable bonds is 7. The first-order valence-corrected chi connectivity index (χ1v) is 13.9. The van der Waals surface area contributed by atoms with E-state index in [2.05, 4.69) is 17.0 Å². The van der Waals surface area contributed by atoms with Crippen LogP contribution in [0.25, 0.3) is 0 Å². The van der Waals surface area contributed by atoms with Crippen molar-refractivity contribution in [2.45, 2.75) is 6.54 Å². The molecule has 1 aromatic heterocycles. The van der Waals surface area contributed by atoms with Gasteiger partial charge in [0.2, 0.25) is 0 Å². The van der Waals surface area contributed by atoms with Crippen LogP contribution in [-0.2, 0) is 11.3 Å². The number of ether oxygens (including phenoxy) is 2. The van der Waals surface area contributed by atoms with Gasteiger partial charge in [0, 0.05) is 44.3 Å². The van der Waals surface area contributed by atoms with Crippen LogP contribution in [0, 0.1) is 23.6 Å². The van der Waals surface area contributed by atoms with Crippen LogP contribution >= 0.6 is 22.9 Å². The van der Waals surface area contributed by atoms with Gasteiger partial charge in [-0.1, -0.05) is 23.7 Å². The molecule has 0 spiro atoms. The Labute approximate surface area is 225 Å². The summed E-state index contributed by atoms with van der Waals surface area (Å²) in [6.07, 6.45) is -0.469. The summed E-state index contributed by atoms with van der Waals surface area (Å²) in [5.41, 5.74) is 2.32. The number of likely N-dealkylation sites (tertiary alicyclic amines) is 1. The van der Waals surface area contributed by atoms with Crippen molar-refractivity contribution < 1.29 is 18.7 Å². The number of nitrogens with zero attached hydrogens (tertiary/aromatic N) is 3. The fourth-order valence-electron chi connectivity index (χ4n) is 5.67. The summed E-state index contributed by atoms with van der Waals surface area (Å²) >= 11 is 7.38. The molecule has 194 valence electrons. The lowest BCUT2D eigenvalue weighted by Gasteiger charge is -2.30. The molecule has 37 heavy (non-hydrogen) atoms. The fraction of sp³-hybridized carbons (Fsp3) is 0.393. The van der Waals surface area contributed by atoms with E-state index in [1.165, 1.54) is 23.0 Å². The first-order valence-electron chi connectivity index (χ1n) is 12.7. The molecule has 1 aliphatic carbocycles. The summed E-state index contributed by atoms with van der Waals surface area (Å²) < 4.78 is 26.3. The van der Waals surface area contributed by atoms with Crippen molar-refractivity contribution in [1.82, 2.24) is 4.90 Å². The normalized spacial score (nSPS) is 23.1. The summed E-state index contributed by atoms with van der Waals surface area (Å²) in [7, 11) is 0. The number of carbonyl (C=O) groups is 1. The third-order valence-electron chi connectivity index (χ3n) is 7.66. The summed E-state index contributed by atoms with van der Waals surface area (Å²) in [5, 5.41) is 3.15. The number of hydrogen-bond acceptors (Lipinski definition) is 6. The molecule has 2 saturated heterocycles. The summed E-state index contributed by atoms with van der Waals surface area (Å²) in [6.45, 7) is 5.88. The number of anilines is 2. The zero-order chi connectivity index (χ0) is 25.4. The summed E-state index contributed by atoms with van der Waals surface area (Å²) in [5.74, 6) is 1.10. The summed E-state index contributed by atoms with van der Waals surface area (Å²) in [6, 6.07) is 16.7. The molecule has 6 nitrogen and oxygen atoms in total. The maximum absolute atomic E-state index is 15.2. The number of piperidine rings is 1. The minimum Gasteiger partial charge on any atom is -0.399 e. The van der Waals surface area contributed by atoms with Crippen LogP contribution in [0.3, 0.4) is 0 Å². The summed E-state index contributed by atoms with van der Waals surface area (Å²) in [4.78, 5) is 19.3. The van der Waals surface area contributed by atoms with Crippen LogP contribution in [0.4, 0.5) is 20.6 Å². The highest BCUT2D eigenvalue weighted by Gasteiger charge is 2.56. The van der Waals surface area contributed by atoms with Gasteiger partial charge in [0.15, 0.2) is 5.06 Å². The third kappa shape index (κ3) is 5.48. The first-order chi connectivity index (χ1) is 18.0. The van der Waals surface area contributed by atoms with Gasteiger partial charge >= 0.3 is 6.09 Å². The lowest BCUT2D eigenvalue weighted by Crippen LogP contribution is -2.38. The van der Waals surface area contributed by atoms with Gasteiger partial charge in [0.25, 0.3) is 0 Å². The molecule has 2 atom stereocenters. The molecule has 0 N–H and O–H groups in total. The number of halogens is 2. The van der Waals surface area contributed by atoms with E-state index in [1.54, 1.807) is 17.0 Å². The lowest BCUT2D eigenvalue weighted by molar-refractivity contribution is 0.122. The predicted molar refractivity (Wildman–Crippen MR) is 144 cm³/mol.